The van der Waals surface area contributed by atoms with Crippen LogP contribution in [0.5, 0.6) is 0 Å². The van der Waals surface area contributed by atoms with E-state index in [1.54, 1.807) is 0 Å². The lowest BCUT2D eigenvalue weighted by molar-refractivity contribution is 0.282. The molecular weight excluding hydrogens is 250 g/mol. The normalized spacial score (nSPS) is 23.6. The SMILES string of the molecule is CC1(C)Cc2ccc(Br)cc2C(CN)C1. The maximum Gasteiger partial charge on any atom is 0.0178 e. The van der Waals surface area contributed by atoms with E-state index in [4.69, 9.17) is 5.73 Å². The summed E-state index contributed by atoms with van der Waals surface area (Å²) in [6.07, 6.45) is 2.37. The van der Waals surface area contributed by atoms with Gasteiger partial charge in [-0.05, 0) is 54.0 Å². The lowest BCUT2D eigenvalue weighted by Crippen LogP contribution is -2.29. The van der Waals surface area contributed by atoms with Gasteiger partial charge in [-0.2, -0.15) is 0 Å². The highest BCUT2D eigenvalue weighted by atomic mass is 79.9. The van der Waals surface area contributed by atoms with Crippen LogP contribution in [0.25, 0.3) is 0 Å². The molecule has 0 aromatic heterocycles. The molecule has 1 atom stereocenters. The fourth-order valence-electron chi connectivity index (χ4n) is 2.68. The van der Waals surface area contributed by atoms with Crippen LogP contribution in [0, 0.1) is 5.41 Å². The predicted molar refractivity (Wildman–Crippen MR) is 68.0 cm³/mol. The molecule has 15 heavy (non-hydrogen) atoms. The fraction of sp³-hybridized carbons (Fsp3) is 0.538. The average Bonchev–Trinajstić information content (AvgIpc) is 2.16. The van der Waals surface area contributed by atoms with E-state index in [2.05, 4.69) is 48.0 Å². The Morgan fingerprint density at radius 3 is 2.87 bits per heavy atom. The van der Waals surface area contributed by atoms with Crippen molar-refractivity contribution in [1.82, 2.24) is 0 Å². The third-order valence-electron chi connectivity index (χ3n) is 3.30. The summed E-state index contributed by atoms with van der Waals surface area (Å²) in [4.78, 5) is 0. The van der Waals surface area contributed by atoms with Gasteiger partial charge in [0.1, 0.15) is 0 Å². The summed E-state index contributed by atoms with van der Waals surface area (Å²) in [7, 11) is 0. The van der Waals surface area contributed by atoms with Gasteiger partial charge >= 0.3 is 0 Å². The molecule has 0 spiro atoms. The predicted octanol–water partition coefficient (Wildman–Crippen LogP) is 3.46. The van der Waals surface area contributed by atoms with Crippen LogP contribution in [0.15, 0.2) is 22.7 Å². The summed E-state index contributed by atoms with van der Waals surface area (Å²) in [6, 6.07) is 6.61. The molecule has 82 valence electrons. The van der Waals surface area contributed by atoms with Gasteiger partial charge in [-0.15, -0.1) is 0 Å². The first-order chi connectivity index (χ1) is 7.02. The van der Waals surface area contributed by atoms with Gasteiger partial charge in [0.05, 0.1) is 0 Å². The highest BCUT2D eigenvalue weighted by Gasteiger charge is 2.31. The summed E-state index contributed by atoms with van der Waals surface area (Å²) in [5, 5.41) is 0. The van der Waals surface area contributed by atoms with Crippen molar-refractivity contribution < 1.29 is 0 Å². The summed E-state index contributed by atoms with van der Waals surface area (Å²) in [5.41, 5.74) is 9.19. The van der Waals surface area contributed by atoms with Gasteiger partial charge in [-0.25, -0.2) is 0 Å². The van der Waals surface area contributed by atoms with Crippen LogP contribution in [-0.2, 0) is 6.42 Å². The van der Waals surface area contributed by atoms with Crippen molar-refractivity contribution in [3.05, 3.63) is 33.8 Å². The molecule has 1 aliphatic rings. The summed E-state index contributed by atoms with van der Waals surface area (Å²) in [5.74, 6) is 0.529. The molecule has 0 amide bonds. The van der Waals surface area contributed by atoms with E-state index in [9.17, 15) is 0 Å². The van der Waals surface area contributed by atoms with Crippen LogP contribution in [0.4, 0.5) is 0 Å². The Labute approximate surface area is 100 Å². The molecule has 2 rings (SSSR count). The van der Waals surface area contributed by atoms with Gasteiger partial charge in [0.15, 0.2) is 0 Å². The molecule has 1 unspecified atom stereocenters. The molecule has 0 heterocycles. The maximum atomic E-state index is 5.87. The molecule has 0 saturated carbocycles. The molecule has 1 nitrogen and oxygen atoms in total. The zero-order chi connectivity index (χ0) is 11.1. The highest BCUT2D eigenvalue weighted by Crippen LogP contribution is 2.42. The highest BCUT2D eigenvalue weighted by molar-refractivity contribution is 9.10. The minimum atomic E-state index is 0.394. The number of fused-ring (bicyclic) bond motifs is 1. The Bertz CT molecular complexity index is 371. The van der Waals surface area contributed by atoms with Crippen LogP contribution in [0.2, 0.25) is 0 Å². The Morgan fingerprint density at radius 1 is 1.47 bits per heavy atom. The molecule has 0 aliphatic heterocycles. The van der Waals surface area contributed by atoms with E-state index < -0.39 is 0 Å². The van der Waals surface area contributed by atoms with Crippen molar-refractivity contribution in [1.29, 1.82) is 0 Å². The number of halogens is 1. The minimum Gasteiger partial charge on any atom is -0.330 e. The molecule has 0 fully saturated rings. The number of hydrogen-bond donors (Lipinski definition) is 1. The molecule has 0 bridgehead atoms. The molecule has 1 aliphatic carbocycles. The van der Waals surface area contributed by atoms with Gasteiger partial charge in [0.25, 0.3) is 0 Å². The first-order valence-electron chi connectivity index (χ1n) is 5.50. The Balaban J connectivity index is 2.44. The molecule has 0 saturated heterocycles. The summed E-state index contributed by atoms with van der Waals surface area (Å²) >= 11 is 3.53. The average molecular weight is 268 g/mol. The Morgan fingerprint density at radius 2 is 2.20 bits per heavy atom. The first-order valence-corrected chi connectivity index (χ1v) is 6.29. The Kier molecular flexibility index (Phi) is 2.91. The second-order valence-electron chi connectivity index (χ2n) is 5.32. The third-order valence-corrected chi connectivity index (χ3v) is 3.79. The van der Waals surface area contributed by atoms with Crippen LogP contribution in [-0.4, -0.2) is 6.54 Å². The molecular formula is C13H18BrN. The number of rotatable bonds is 1. The van der Waals surface area contributed by atoms with E-state index in [1.165, 1.54) is 28.4 Å². The topological polar surface area (TPSA) is 26.0 Å². The maximum absolute atomic E-state index is 5.87. The van der Waals surface area contributed by atoms with Gasteiger partial charge < -0.3 is 5.73 Å². The van der Waals surface area contributed by atoms with E-state index >= 15 is 0 Å². The largest absolute Gasteiger partial charge is 0.330 e. The minimum absolute atomic E-state index is 0.394. The second-order valence-corrected chi connectivity index (χ2v) is 6.24. The standard InChI is InChI=1S/C13H18BrN/c1-13(2)6-9-3-4-11(14)5-12(9)10(7-13)8-15/h3-5,10H,6-8,15H2,1-2H3. The van der Waals surface area contributed by atoms with Crippen molar-refractivity contribution in [2.24, 2.45) is 11.1 Å². The molecule has 2 N–H and O–H groups in total. The van der Waals surface area contributed by atoms with Crippen LogP contribution in [0.3, 0.4) is 0 Å². The zero-order valence-electron chi connectivity index (χ0n) is 9.39. The van der Waals surface area contributed by atoms with Crippen molar-refractivity contribution in [3.8, 4) is 0 Å². The molecule has 2 heteroatoms. The van der Waals surface area contributed by atoms with Crippen molar-refractivity contribution >= 4 is 15.9 Å². The lowest BCUT2D eigenvalue weighted by atomic mass is 9.69. The lowest BCUT2D eigenvalue weighted by Gasteiger charge is -2.36. The van der Waals surface area contributed by atoms with Gasteiger partial charge in [0, 0.05) is 4.47 Å². The van der Waals surface area contributed by atoms with E-state index in [-0.39, 0.29) is 0 Å². The van der Waals surface area contributed by atoms with Crippen molar-refractivity contribution in [3.63, 3.8) is 0 Å². The summed E-state index contributed by atoms with van der Waals surface area (Å²) in [6.45, 7) is 5.42. The van der Waals surface area contributed by atoms with Crippen LogP contribution in [0.1, 0.15) is 37.3 Å². The number of nitrogens with two attached hydrogens (primary N) is 1. The molecule has 1 aromatic carbocycles. The summed E-state index contributed by atoms with van der Waals surface area (Å²) < 4.78 is 1.17. The van der Waals surface area contributed by atoms with Crippen LogP contribution < -0.4 is 5.73 Å². The van der Waals surface area contributed by atoms with Crippen molar-refractivity contribution in [2.45, 2.75) is 32.6 Å². The Hall–Kier alpha value is -0.340. The van der Waals surface area contributed by atoms with E-state index in [0.29, 0.717) is 11.3 Å². The monoisotopic (exact) mass is 267 g/mol. The van der Waals surface area contributed by atoms with Gasteiger partial charge in [-0.1, -0.05) is 35.8 Å². The van der Waals surface area contributed by atoms with Gasteiger partial charge in [0.2, 0.25) is 0 Å². The van der Waals surface area contributed by atoms with E-state index in [0.717, 1.165) is 6.54 Å². The first kappa shape index (κ1) is 11.2. The van der Waals surface area contributed by atoms with E-state index in [1.807, 2.05) is 0 Å². The number of hydrogen-bond acceptors (Lipinski definition) is 1. The quantitative estimate of drug-likeness (QED) is 0.829. The smallest absolute Gasteiger partial charge is 0.0178 e. The van der Waals surface area contributed by atoms with Crippen molar-refractivity contribution in [2.75, 3.05) is 6.54 Å². The van der Waals surface area contributed by atoms with Crippen LogP contribution >= 0.6 is 15.9 Å². The fourth-order valence-corrected chi connectivity index (χ4v) is 3.06. The third kappa shape index (κ3) is 2.26. The molecule has 1 aromatic rings. The molecule has 0 radical (unpaired) electrons. The zero-order valence-corrected chi connectivity index (χ0v) is 11.0. The number of benzene rings is 1. The van der Waals surface area contributed by atoms with Gasteiger partial charge in [-0.3, -0.25) is 0 Å². The second kappa shape index (κ2) is 3.91.